The number of benzene rings is 1. The van der Waals surface area contributed by atoms with Crippen LogP contribution in [0.4, 0.5) is 0 Å². The summed E-state index contributed by atoms with van der Waals surface area (Å²) in [6.07, 6.45) is 4.05. The standard InChI is InChI=1S/C23H22ClN3O5/c1-13(27-22(29)20-21(28)19(31-3)8-9-26-20)23(30)32-14(2)15-4-6-16(7-5-15)17-10-18(24)12-25-11-17/h4-14,28H,1-3H3,(H,27,29)/t13-,14-/m0/s1. The summed E-state index contributed by atoms with van der Waals surface area (Å²) in [6.45, 7) is 3.22. The summed E-state index contributed by atoms with van der Waals surface area (Å²) in [5.74, 6) is -1.66. The van der Waals surface area contributed by atoms with E-state index < -0.39 is 29.8 Å². The van der Waals surface area contributed by atoms with Gasteiger partial charge < -0.3 is 19.9 Å². The Morgan fingerprint density at radius 3 is 2.47 bits per heavy atom. The predicted molar refractivity (Wildman–Crippen MR) is 119 cm³/mol. The average molecular weight is 456 g/mol. The molecule has 2 N–H and O–H groups in total. The van der Waals surface area contributed by atoms with Gasteiger partial charge in [-0.15, -0.1) is 0 Å². The van der Waals surface area contributed by atoms with E-state index in [0.717, 1.165) is 16.7 Å². The molecule has 2 heterocycles. The lowest BCUT2D eigenvalue weighted by molar-refractivity contribution is -0.150. The Bertz CT molecular complexity index is 1120. The highest BCUT2D eigenvalue weighted by atomic mass is 35.5. The molecule has 2 atom stereocenters. The Kier molecular flexibility index (Phi) is 7.27. The van der Waals surface area contributed by atoms with Gasteiger partial charge in [0.1, 0.15) is 12.1 Å². The quantitative estimate of drug-likeness (QED) is 0.519. The van der Waals surface area contributed by atoms with Crippen molar-refractivity contribution in [2.45, 2.75) is 26.0 Å². The van der Waals surface area contributed by atoms with Gasteiger partial charge in [0.2, 0.25) is 0 Å². The maximum Gasteiger partial charge on any atom is 0.328 e. The molecule has 0 aliphatic rings. The number of hydrogen-bond donors (Lipinski definition) is 2. The van der Waals surface area contributed by atoms with E-state index in [1.807, 2.05) is 30.3 Å². The Hall–Kier alpha value is -3.65. The molecule has 9 heteroatoms. The van der Waals surface area contributed by atoms with Gasteiger partial charge >= 0.3 is 5.97 Å². The topological polar surface area (TPSA) is 111 Å². The van der Waals surface area contributed by atoms with Crippen LogP contribution in [0.25, 0.3) is 11.1 Å². The average Bonchev–Trinajstić information content (AvgIpc) is 2.79. The van der Waals surface area contributed by atoms with Crippen LogP contribution < -0.4 is 10.1 Å². The molecule has 0 bridgehead atoms. The van der Waals surface area contributed by atoms with Crippen LogP contribution in [0.2, 0.25) is 5.02 Å². The molecular weight excluding hydrogens is 434 g/mol. The van der Waals surface area contributed by atoms with Gasteiger partial charge in [0.05, 0.1) is 12.1 Å². The third-order valence-corrected chi connectivity index (χ3v) is 4.94. The normalized spacial score (nSPS) is 12.5. The smallest absolute Gasteiger partial charge is 0.328 e. The van der Waals surface area contributed by atoms with E-state index in [9.17, 15) is 14.7 Å². The number of carbonyl (C=O) groups is 2. The van der Waals surface area contributed by atoms with Crippen molar-refractivity contribution in [1.82, 2.24) is 15.3 Å². The summed E-state index contributed by atoms with van der Waals surface area (Å²) in [7, 11) is 1.36. The van der Waals surface area contributed by atoms with Crippen LogP contribution in [0.15, 0.2) is 55.0 Å². The number of nitrogens with one attached hydrogen (secondary N) is 1. The maximum atomic E-state index is 12.5. The summed E-state index contributed by atoms with van der Waals surface area (Å²) in [6, 6.07) is 9.72. The monoisotopic (exact) mass is 455 g/mol. The van der Waals surface area contributed by atoms with E-state index in [4.69, 9.17) is 21.1 Å². The molecule has 0 saturated heterocycles. The molecule has 0 radical (unpaired) electrons. The van der Waals surface area contributed by atoms with Gasteiger partial charge in [0.25, 0.3) is 5.91 Å². The van der Waals surface area contributed by atoms with E-state index >= 15 is 0 Å². The van der Waals surface area contributed by atoms with Gasteiger partial charge in [-0.3, -0.25) is 9.78 Å². The van der Waals surface area contributed by atoms with Crippen molar-refractivity contribution < 1.29 is 24.2 Å². The molecule has 0 fully saturated rings. The van der Waals surface area contributed by atoms with Crippen LogP contribution in [-0.2, 0) is 9.53 Å². The van der Waals surface area contributed by atoms with Gasteiger partial charge in [-0.1, -0.05) is 35.9 Å². The molecule has 0 aliphatic carbocycles. The van der Waals surface area contributed by atoms with Gasteiger partial charge in [-0.05, 0) is 31.0 Å². The minimum absolute atomic E-state index is 0.103. The summed E-state index contributed by atoms with van der Waals surface area (Å²) >= 11 is 5.99. The number of esters is 1. The molecule has 1 amide bonds. The first-order valence-electron chi connectivity index (χ1n) is 9.74. The second-order valence-corrected chi connectivity index (χ2v) is 7.43. The lowest BCUT2D eigenvalue weighted by Gasteiger charge is -2.18. The Morgan fingerprint density at radius 2 is 1.81 bits per heavy atom. The first kappa shape index (κ1) is 23.0. The van der Waals surface area contributed by atoms with Gasteiger partial charge in [0, 0.05) is 30.2 Å². The molecule has 166 valence electrons. The van der Waals surface area contributed by atoms with E-state index in [1.165, 1.54) is 26.3 Å². The minimum atomic E-state index is -0.964. The summed E-state index contributed by atoms with van der Waals surface area (Å²) < 4.78 is 10.4. The van der Waals surface area contributed by atoms with Crippen LogP contribution in [-0.4, -0.2) is 40.1 Å². The molecule has 3 rings (SSSR count). The van der Waals surface area contributed by atoms with E-state index in [1.54, 1.807) is 19.3 Å². The first-order valence-corrected chi connectivity index (χ1v) is 10.1. The summed E-state index contributed by atoms with van der Waals surface area (Å²) in [5, 5.41) is 13.1. The highest BCUT2D eigenvalue weighted by Gasteiger charge is 2.24. The fourth-order valence-electron chi connectivity index (χ4n) is 2.95. The SMILES string of the molecule is COc1ccnc(C(=O)N[C@@H](C)C(=O)O[C@@H](C)c2ccc(-c3cncc(Cl)c3)cc2)c1O. The first-order chi connectivity index (χ1) is 15.3. The number of hydrogen-bond acceptors (Lipinski definition) is 7. The number of amides is 1. The molecule has 8 nitrogen and oxygen atoms in total. The van der Waals surface area contributed by atoms with Crippen molar-refractivity contribution in [3.05, 3.63) is 71.3 Å². The highest BCUT2D eigenvalue weighted by molar-refractivity contribution is 6.30. The van der Waals surface area contributed by atoms with Crippen LogP contribution in [0.1, 0.15) is 36.0 Å². The van der Waals surface area contributed by atoms with Crippen molar-refractivity contribution in [2.24, 2.45) is 0 Å². The Morgan fingerprint density at radius 1 is 1.09 bits per heavy atom. The maximum absolute atomic E-state index is 12.5. The van der Waals surface area contributed by atoms with Crippen LogP contribution in [0, 0.1) is 0 Å². The predicted octanol–water partition coefficient (Wildman–Crippen LogP) is 3.93. The summed E-state index contributed by atoms with van der Waals surface area (Å²) in [4.78, 5) is 32.8. The number of pyridine rings is 2. The third kappa shape index (κ3) is 5.33. The molecule has 0 unspecified atom stereocenters. The minimum Gasteiger partial charge on any atom is -0.503 e. The second-order valence-electron chi connectivity index (χ2n) is 7.00. The molecule has 3 aromatic rings. The van der Waals surface area contributed by atoms with Crippen molar-refractivity contribution in [3.63, 3.8) is 0 Å². The fraction of sp³-hybridized carbons (Fsp3) is 0.217. The number of ether oxygens (including phenoxy) is 2. The van der Waals surface area contributed by atoms with Crippen LogP contribution >= 0.6 is 11.6 Å². The molecule has 2 aromatic heterocycles. The second kappa shape index (κ2) is 10.1. The van der Waals surface area contributed by atoms with Crippen LogP contribution in [0.3, 0.4) is 0 Å². The number of nitrogens with zero attached hydrogens (tertiary/aromatic N) is 2. The molecule has 32 heavy (non-hydrogen) atoms. The lowest BCUT2D eigenvalue weighted by atomic mass is 10.0. The van der Waals surface area contributed by atoms with Crippen molar-refractivity contribution in [3.8, 4) is 22.6 Å². The number of halogens is 1. The summed E-state index contributed by atoms with van der Waals surface area (Å²) in [5.41, 5.74) is 2.33. The van der Waals surface area contributed by atoms with Crippen LogP contribution in [0.5, 0.6) is 11.5 Å². The van der Waals surface area contributed by atoms with E-state index in [0.29, 0.717) is 5.02 Å². The Labute approximate surface area is 190 Å². The lowest BCUT2D eigenvalue weighted by Crippen LogP contribution is -2.40. The fourth-order valence-corrected chi connectivity index (χ4v) is 3.13. The largest absolute Gasteiger partial charge is 0.503 e. The van der Waals surface area contributed by atoms with Crippen molar-refractivity contribution in [1.29, 1.82) is 0 Å². The van der Waals surface area contributed by atoms with E-state index in [2.05, 4.69) is 15.3 Å². The van der Waals surface area contributed by atoms with Gasteiger partial charge in [0.15, 0.2) is 17.2 Å². The molecule has 0 saturated carbocycles. The van der Waals surface area contributed by atoms with Gasteiger partial charge in [-0.2, -0.15) is 0 Å². The zero-order chi connectivity index (χ0) is 23.3. The molecule has 1 aromatic carbocycles. The number of methoxy groups -OCH3 is 1. The van der Waals surface area contributed by atoms with Crippen molar-refractivity contribution >= 4 is 23.5 Å². The Balaban J connectivity index is 1.62. The number of aromatic nitrogens is 2. The number of aromatic hydroxyl groups is 1. The highest BCUT2D eigenvalue weighted by Crippen LogP contribution is 2.28. The van der Waals surface area contributed by atoms with Gasteiger partial charge in [-0.25, -0.2) is 9.78 Å². The molecular formula is C23H22ClN3O5. The number of carbonyl (C=O) groups excluding carboxylic acids is 2. The zero-order valence-corrected chi connectivity index (χ0v) is 18.5. The molecule has 0 aliphatic heterocycles. The van der Waals surface area contributed by atoms with Crippen molar-refractivity contribution in [2.75, 3.05) is 7.11 Å². The zero-order valence-electron chi connectivity index (χ0n) is 17.7. The molecule has 0 spiro atoms. The number of rotatable bonds is 7. The third-order valence-electron chi connectivity index (χ3n) is 4.73. The van der Waals surface area contributed by atoms with E-state index in [-0.39, 0.29) is 11.4 Å².